The van der Waals surface area contributed by atoms with Gasteiger partial charge in [-0.15, -0.1) is 0 Å². The van der Waals surface area contributed by atoms with Crippen molar-refractivity contribution < 1.29 is 24.2 Å². The van der Waals surface area contributed by atoms with Crippen LogP contribution in [0.2, 0.25) is 0 Å². The number of carboxylic acids is 1. The number of aromatic carboxylic acids is 1. The van der Waals surface area contributed by atoms with E-state index in [1.165, 1.54) is 6.07 Å². The second-order valence-electron chi connectivity index (χ2n) is 3.54. The summed E-state index contributed by atoms with van der Waals surface area (Å²) in [6, 6.07) is 4.64. The van der Waals surface area contributed by atoms with Gasteiger partial charge in [-0.1, -0.05) is 6.07 Å². The van der Waals surface area contributed by atoms with Crippen LogP contribution in [-0.2, 0) is 16.0 Å². The van der Waals surface area contributed by atoms with E-state index in [9.17, 15) is 9.59 Å². The average Bonchev–Trinajstić information content (AvgIpc) is 2.31. The van der Waals surface area contributed by atoms with E-state index in [-0.39, 0.29) is 18.6 Å². The molecule has 0 saturated heterocycles. The van der Waals surface area contributed by atoms with Crippen LogP contribution < -0.4 is 4.74 Å². The van der Waals surface area contributed by atoms with E-state index >= 15 is 0 Å². The molecular formula is C13H16O5. The highest BCUT2D eigenvalue weighted by atomic mass is 16.5. The number of hydrogen-bond acceptors (Lipinski definition) is 4. The summed E-state index contributed by atoms with van der Waals surface area (Å²) >= 11 is 0. The molecule has 0 heterocycles. The molecule has 0 aromatic heterocycles. The zero-order valence-electron chi connectivity index (χ0n) is 10.4. The lowest BCUT2D eigenvalue weighted by Gasteiger charge is -2.09. The molecule has 0 fully saturated rings. The van der Waals surface area contributed by atoms with Crippen molar-refractivity contribution in [1.82, 2.24) is 0 Å². The van der Waals surface area contributed by atoms with Crippen LogP contribution >= 0.6 is 0 Å². The molecule has 0 spiro atoms. The topological polar surface area (TPSA) is 72.8 Å². The van der Waals surface area contributed by atoms with Gasteiger partial charge >= 0.3 is 11.9 Å². The third-order valence-corrected chi connectivity index (χ3v) is 2.26. The number of ether oxygens (including phenoxy) is 2. The molecule has 5 heteroatoms. The summed E-state index contributed by atoms with van der Waals surface area (Å²) < 4.78 is 10.0. The van der Waals surface area contributed by atoms with Crippen LogP contribution in [0.5, 0.6) is 5.75 Å². The van der Waals surface area contributed by atoms with Crippen LogP contribution in [0.4, 0.5) is 0 Å². The van der Waals surface area contributed by atoms with Gasteiger partial charge in [-0.25, -0.2) is 4.79 Å². The van der Waals surface area contributed by atoms with Gasteiger partial charge in [-0.3, -0.25) is 4.79 Å². The largest absolute Gasteiger partial charge is 0.494 e. The molecule has 0 unspecified atom stereocenters. The Kier molecular flexibility index (Phi) is 5.17. The summed E-state index contributed by atoms with van der Waals surface area (Å²) in [5.74, 6) is -1.05. The van der Waals surface area contributed by atoms with Crippen molar-refractivity contribution in [3.05, 3.63) is 29.3 Å². The van der Waals surface area contributed by atoms with Crippen molar-refractivity contribution in [3.63, 3.8) is 0 Å². The van der Waals surface area contributed by atoms with Crippen molar-refractivity contribution in [3.8, 4) is 5.75 Å². The van der Waals surface area contributed by atoms with E-state index < -0.39 is 11.9 Å². The van der Waals surface area contributed by atoms with Crippen molar-refractivity contribution in [2.75, 3.05) is 13.2 Å². The van der Waals surface area contributed by atoms with Gasteiger partial charge in [0.1, 0.15) is 5.75 Å². The monoisotopic (exact) mass is 252 g/mol. The van der Waals surface area contributed by atoms with E-state index in [1.807, 2.05) is 6.92 Å². The number of esters is 1. The van der Waals surface area contributed by atoms with Crippen LogP contribution in [0.3, 0.4) is 0 Å². The van der Waals surface area contributed by atoms with Crippen LogP contribution in [-0.4, -0.2) is 30.3 Å². The molecule has 0 saturated carbocycles. The van der Waals surface area contributed by atoms with Gasteiger partial charge in [-0.2, -0.15) is 0 Å². The Balaban J connectivity index is 2.96. The molecule has 1 aromatic rings. The standard InChI is InChI=1S/C13H16O5/c1-3-17-10-6-5-9(7-12(14)18-4-2)11(8-10)13(15)16/h5-6,8H,3-4,7H2,1-2H3,(H,15,16). The van der Waals surface area contributed by atoms with E-state index in [1.54, 1.807) is 19.1 Å². The van der Waals surface area contributed by atoms with Gasteiger partial charge in [0.15, 0.2) is 0 Å². The lowest BCUT2D eigenvalue weighted by atomic mass is 10.0. The van der Waals surface area contributed by atoms with Crippen LogP contribution in [0, 0.1) is 0 Å². The maximum Gasteiger partial charge on any atom is 0.336 e. The summed E-state index contributed by atoms with van der Waals surface area (Å²) in [7, 11) is 0. The van der Waals surface area contributed by atoms with Crippen LogP contribution in [0.1, 0.15) is 29.8 Å². The first-order valence-corrected chi connectivity index (χ1v) is 5.73. The molecular weight excluding hydrogens is 236 g/mol. The summed E-state index contributed by atoms with van der Waals surface area (Å²) in [5, 5.41) is 9.09. The molecule has 1 N–H and O–H groups in total. The molecule has 0 radical (unpaired) electrons. The fourth-order valence-electron chi connectivity index (χ4n) is 1.53. The normalized spacial score (nSPS) is 9.89. The number of benzene rings is 1. The first-order valence-electron chi connectivity index (χ1n) is 5.73. The molecule has 1 aromatic carbocycles. The van der Waals surface area contributed by atoms with Gasteiger partial charge in [0.25, 0.3) is 0 Å². The predicted octanol–water partition coefficient (Wildman–Crippen LogP) is 1.89. The highest BCUT2D eigenvalue weighted by Crippen LogP contribution is 2.19. The smallest absolute Gasteiger partial charge is 0.336 e. The van der Waals surface area contributed by atoms with E-state index in [2.05, 4.69) is 0 Å². The molecule has 98 valence electrons. The lowest BCUT2D eigenvalue weighted by molar-refractivity contribution is -0.142. The maximum absolute atomic E-state index is 11.4. The minimum atomic E-state index is -1.09. The van der Waals surface area contributed by atoms with E-state index in [0.717, 1.165) is 0 Å². The second kappa shape index (κ2) is 6.64. The molecule has 0 aliphatic heterocycles. The highest BCUT2D eigenvalue weighted by molar-refractivity contribution is 5.91. The highest BCUT2D eigenvalue weighted by Gasteiger charge is 2.15. The molecule has 5 nitrogen and oxygen atoms in total. The summed E-state index contributed by atoms with van der Waals surface area (Å²) in [5.41, 5.74) is 0.485. The van der Waals surface area contributed by atoms with Crippen molar-refractivity contribution >= 4 is 11.9 Å². The fourth-order valence-corrected chi connectivity index (χ4v) is 1.53. The van der Waals surface area contributed by atoms with E-state index in [0.29, 0.717) is 17.9 Å². The Labute approximate surface area is 105 Å². The molecule has 0 atom stereocenters. The average molecular weight is 252 g/mol. The minimum Gasteiger partial charge on any atom is -0.494 e. The molecule has 0 aliphatic rings. The van der Waals surface area contributed by atoms with E-state index in [4.69, 9.17) is 14.6 Å². The van der Waals surface area contributed by atoms with Gasteiger partial charge in [0.05, 0.1) is 25.2 Å². The third kappa shape index (κ3) is 3.76. The first kappa shape index (κ1) is 14.0. The quantitative estimate of drug-likeness (QED) is 0.783. The maximum atomic E-state index is 11.4. The van der Waals surface area contributed by atoms with Crippen LogP contribution in [0.25, 0.3) is 0 Å². The zero-order valence-corrected chi connectivity index (χ0v) is 10.4. The number of rotatable bonds is 6. The van der Waals surface area contributed by atoms with Gasteiger partial charge in [-0.05, 0) is 31.5 Å². The second-order valence-corrected chi connectivity index (χ2v) is 3.54. The first-order chi connectivity index (χ1) is 8.58. The van der Waals surface area contributed by atoms with Crippen molar-refractivity contribution in [2.45, 2.75) is 20.3 Å². The predicted molar refractivity (Wildman–Crippen MR) is 64.9 cm³/mol. The Hall–Kier alpha value is -2.04. The molecule has 0 bridgehead atoms. The lowest BCUT2D eigenvalue weighted by Crippen LogP contribution is -2.11. The molecule has 1 rings (SSSR count). The minimum absolute atomic E-state index is 0.0537. The fraction of sp³-hybridized carbons (Fsp3) is 0.385. The summed E-state index contributed by atoms with van der Waals surface area (Å²) in [6.07, 6.45) is -0.0537. The molecule has 0 aliphatic carbocycles. The number of hydrogen-bond donors (Lipinski definition) is 1. The van der Waals surface area contributed by atoms with Crippen molar-refractivity contribution in [2.24, 2.45) is 0 Å². The number of carbonyl (C=O) groups excluding carboxylic acids is 1. The zero-order chi connectivity index (χ0) is 13.5. The van der Waals surface area contributed by atoms with Crippen molar-refractivity contribution in [1.29, 1.82) is 0 Å². The molecule has 18 heavy (non-hydrogen) atoms. The van der Waals surface area contributed by atoms with Crippen LogP contribution in [0.15, 0.2) is 18.2 Å². The Morgan fingerprint density at radius 3 is 2.50 bits per heavy atom. The Morgan fingerprint density at radius 2 is 1.94 bits per heavy atom. The summed E-state index contributed by atoms with van der Waals surface area (Å²) in [6.45, 7) is 4.25. The van der Waals surface area contributed by atoms with Gasteiger partial charge in [0.2, 0.25) is 0 Å². The number of carboxylic acid groups (broad SMARTS) is 1. The van der Waals surface area contributed by atoms with Gasteiger partial charge in [0, 0.05) is 0 Å². The Morgan fingerprint density at radius 1 is 1.22 bits per heavy atom. The van der Waals surface area contributed by atoms with Gasteiger partial charge < -0.3 is 14.6 Å². The third-order valence-electron chi connectivity index (χ3n) is 2.26. The molecule has 0 amide bonds. The number of carbonyl (C=O) groups is 2. The summed E-state index contributed by atoms with van der Waals surface area (Å²) in [4.78, 5) is 22.5. The Bertz CT molecular complexity index is 439. The SMILES string of the molecule is CCOC(=O)Cc1ccc(OCC)cc1C(=O)O.